The van der Waals surface area contributed by atoms with Crippen molar-refractivity contribution >= 4 is 17.7 Å². The van der Waals surface area contributed by atoms with Crippen LogP contribution in [0.2, 0.25) is 0 Å². The van der Waals surface area contributed by atoms with Crippen LogP contribution in [0.1, 0.15) is 60.8 Å². The summed E-state index contributed by atoms with van der Waals surface area (Å²) in [4.78, 5) is 44.4. The van der Waals surface area contributed by atoms with Crippen LogP contribution in [0, 0.1) is 0 Å². The van der Waals surface area contributed by atoms with Crippen molar-refractivity contribution in [1.82, 2.24) is 9.80 Å². The number of likely N-dealkylation sites (tertiary alicyclic amines) is 2. The van der Waals surface area contributed by atoms with Crippen LogP contribution < -0.4 is 18.9 Å². The van der Waals surface area contributed by atoms with Gasteiger partial charge in [-0.15, -0.1) is 0 Å². The van der Waals surface area contributed by atoms with Crippen LogP contribution in [0.4, 0.5) is 4.79 Å². The van der Waals surface area contributed by atoms with E-state index in [-0.39, 0.29) is 48.0 Å². The average Bonchev–Trinajstić information content (AvgIpc) is 3.57. The van der Waals surface area contributed by atoms with E-state index >= 15 is 0 Å². The highest BCUT2D eigenvalue weighted by molar-refractivity contribution is 5.91. The number of carbonyl (C=O) groups is 3. The maximum atomic E-state index is 13.5. The standard InChI is InChI=1S/C35H36N2O9/c1-36-13-11-32-25-17-3-5-21(27(25)45-29(32)19(38)7-9-34(32,41)23(36)15-17)43-31(40)44-22-6-4-18-16-24-35(42)10-8-20(39)30-33(35,12-14-37(24)2)26(18)28(22)46-30/h3-6,23-24,29-30,41-42H,7-16H2,1-2H3/t23-,24-,29+,30+,32+,33+,34-,35-/m1/s1. The third kappa shape index (κ3) is 2.86. The van der Waals surface area contributed by atoms with Gasteiger partial charge in [0.05, 0.1) is 22.0 Å². The molecule has 2 saturated carbocycles. The Bertz CT molecular complexity index is 1680. The molecule has 8 aliphatic rings. The first-order valence-electron chi connectivity index (χ1n) is 16.5. The van der Waals surface area contributed by atoms with Gasteiger partial charge in [-0.1, -0.05) is 12.1 Å². The van der Waals surface area contributed by atoms with Gasteiger partial charge in [-0.05, 0) is 89.0 Å². The summed E-state index contributed by atoms with van der Waals surface area (Å²) in [6, 6.07) is 6.85. The first kappa shape index (κ1) is 27.6. The Balaban J connectivity index is 1.02. The summed E-state index contributed by atoms with van der Waals surface area (Å²) in [5.74, 6) is 0.800. The molecular weight excluding hydrogens is 592 g/mol. The van der Waals surface area contributed by atoms with Crippen LogP contribution in [0.3, 0.4) is 0 Å². The first-order valence-corrected chi connectivity index (χ1v) is 16.5. The molecule has 2 aromatic carbocycles. The Morgan fingerprint density at radius 1 is 0.739 bits per heavy atom. The molecular formula is C35H36N2O9. The van der Waals surface area contributed by atoms with Gasteiger partial charge in [-0.2, -0.15) is 0 Å². The molecule has 0 amide bonds. The second-order valence-electron chi connectivity index (χ2n) is 14.9. The largest absolute Gasteiger partial charge is 0.519 e. The lowest BCUT2D eigenvalue weighted by molar-refractivity contribution is -0.185. The fourth-order valence-electron chi connectivity index (χ4n) is 11.4. The van der Waals surface area contributed by atoms with Gasteiger partial charge in [0.1, 0.15) is 0 Å². The summed E-state index contributed by atoms with van der Waals surface area (Å²) in [7, 11) is 4.03. The summed E-state index contributed by atoms with van der Waals surface area (Å²) in [5, 5.41) is 24.5. The molecule has 11 heteroatoms. The van der Waals surface area contributed by atoms with Crippen molar-refractivity contribution in [2.45, 2.75) is 97.7 Å². The van der Waals surface area contributed by atoms with Crippen molar-refractivity contribution in [3.8, 4) is 23.0 Å². The second kappa shape index (κ2) is 8.49. The summed E-state index contributed by atoms with van der Waals surface area (Å²) in [6.45, 7) is 1.43. The van der Waals surface area contributed by atoms with Crippen LogP contribution in [0.15, 0.2) is 24.3 Å². The Kier molecular flexibility index (Phi) is 5.09. The number of ketones is 2. The van der Waals surface area contributed by atoms with Crippen molar-refractivity contribution < 1.29 is 43.5 Å². The summed E-state index contributed by atoms with van der Waals surface area (Å²) < 4.78 is 24.4. The third-order valence-corrected chi connectivity index (χ3v) is 13.4. The Hall–Kier alpha value is -3.51. The van der Waals surface area contributed by atoms with Crippen molar-refractivity contribution in [2.75, 3.05) is 27.2 Å². The fourth-order valence-corrected chi connectivity index (χ4v) is 11.4. The number of rotatable bonds is 2. The number of ether oxygens (including phenoxy) is 4. The quantitative estimate of drug-likeness (QED) is 0.373. The van der Waals surface area contributed by atoms with E-state index < -0.39 is 40.4 Å². The SMILES string of the molecule is CN1CC[C@]23c4c5ccc(OC(=O)Oc6ccc7c8c6O[C@H]6C(=O)CC[C@@]9(O)[C@@H](C7)N(C)CC[C@]869)c4O[C@H]2C(=O)CC[C@@]3(O)[C@H]1C5. The molecule has 4 bridgehead atoms. The second-order valence-corrected chi connectivity index (χ2v) is 14.9. The van der Waals surface area contributed by atoms with Gasteiger partial charge in [0.15, 0.2) is 46.8 Å². The monoisotopic (exact) mass is 628 g/mol. The van der Waals surface area contributed by atoms with Crippen molar-refractivity contribution in [3.05, 3.63) is 46.5 Å². The van der Waals surface area contributed by atoms with Crippen molar-refractivity contribution in [2.24, 2.45) is 0 Å². The van der Waals surface area contributed by atoms with Gasteiger partial charge in [-0.3, -0.25) is 9.59 Å². The minimum Gasteiger partial charge on any atom is -0.477 e. The molecule has 2 spiro atoms. The summed E-state index contributed by atoms with van der Waals surface area (Å²) >= 11 is 0. The van der Waals surface area contributed by atoms with Crippen LogP contribution in [-0.4, -0.2) is 100 Å². The number of Topliss-reactive ketones (excluding diaryl/α,β-unsaturated/α-hetero) is 2. The van der Waals surface area contributed by atoms with Gasteiger partial charge in [0, 0.05) is 36.1 Å². The fraction of sp³-hybridized carbons (Fsp3) is 0.571. The van der Waals surface area contributed by atoms with E-state index in [1.165, 1.54) is 0 Å². The molecule has 4 heterocycles. The molecule has 2 saturated heterocycles. The summed E-state index contributed by atoms with van der Waals surface area (Å²) in [6.07, 6.45) is 0.808. The van der Waals surface area contributed by atoms with Crippen LogP contribution in [0.5, 0.6) is 23.0 Å². The first-order chi connectivity index (χ1) is 22.0. The molecule has 0 aromatic heterocycles. The van der Waals surface area contributed by atoms with Crippen LogP contribution in [0.25, 0.3) is 0 Å². The molecule has 2 aromatic rings. The van der Waals surface area contributed by atoms with Crippen molar-refractivity contribution in [1.29, 1.82) is 0 Å². The van der Waals surface area contributed by atoms with E-state index in [1.807, 2.05) is 26.2 Å². The molecule has 0 radical (unpaired) electrons. The average molecular weight is 629 g/mol. The molecule has 4 fully saturated rings. The molecule has 4 aliphatic heterocycles. The third-order valence-electron chi connectivity index (χ3n) is 13.4. The molecule has 46 heavy (non-hydrogen) atoms. The van der Waals surface area contributed by atoms with E-state index in [9.17, 15) is 24.6 Å². The predicted molar refractivity (Wildman–Crippen MR) is 160 cm³/mol. The molecule has 4 aliphatic carbocycles. The smallest absolute Gasteiger partial charge is 0.477 e. The number of likely N-dealkylation sites (N-methyl/N-ethyl adjacent to an activating group) is 2. The van der Waals surface area contributed by atoms with E-state index in [4.69, 9.17) is 18.9 Å². The molecule has 11 nitrogen and oxygen atoms in total. The number of nitrogens with zero attached hydrogens (tertiary/aromatic N) is 2. The Morgan fingerprint density at radius 2 is 1.17 bits per heavy atom. The molecule has 8 atom stereocenters. The minimum atomic E-state index is -1.14. The highest BCUT2D eigenvalue weighted by atomic mass is 16.7. The zero-order chi connectivity index (χ0) is 31.5. The Morgan fingerprint density at radius 3 is 1.61 bits per heavy atom. The molecule has 10 rings (SSSR count). The van der Waals surface area contributed by atoms with E-state index in [1.54, 1.807) is 12.1 Å². The number of piperidine rings is 2. The summed E-state index contributed by atoms with van der Waals surface area (Å²) in [5.41, 5.74) is -0.537. The topological polar surface area (TPSA) is 135 Å². The molecule has 0 unspecified atom stereocenters. The lowest BCUT2D eigenvalue weighted by Gasteiger charge is -2.62. The zero-order valence-electron chi connectivity index (χ0n) is 25.8. The predicted octanol–water partition coefficient (Wildman–Crippen LogP) is 1.97. The zero-order valence-corrected chi connectivity index (χ0v) is 25.8. The number of benzene rings is 2. The number of aliphatic hydroxyl groups is 2. The maximum absolute atomic E-state index is 13.5. The lowest BCUT2D eigenvalue weighted by atomic mass is 9.49. The lowest BCUT2D eigenvalue weighted by Crippen LogP contribution is -2.76. The molecule has 240 valence electrons. The normalized spacial score (nSPS) is 40.9. The van der Waals surface area contributed by atoms with E-state index in [0.29, 0.717) is 63.1 Å². The Labute approximate surface area is 265 Å². The van der Waals surface area contributed by atoms with Crippen molar-refractivity contribution in [3.63, 3.8) is 0 Å². The van der Waals surface area contributed by atoms with Gasteiger partial charge < -0.3 is 39.0 Å². The van der Waals surface area contributed by atoms with Gasteiger partial charge in [-0.25, -0.2) is 4.79 Å². The maximum Gasteiger partial charge on any atom is 0.519 e. The number of hydrogen-bond donors (Lipinski definition) is 2. The highest BCUT2D eigenvalue weighted by Gasteiger charge is 2.74. The van der Waals surface area contributed by atoms with Gasteiger partial charge >= 0.3 is 6.16 Å². The minimum absolute atomic E-state index is 0.0497. The highest BCUT2D eigenvalue weighted by Crippen LogP contribution is 2.66. The van der Waals surface area contributed by atoms with Crippen LogP contribution in [-0.2, 0) is 33.3 Å². The van der Waals surface area contributed by atoms with E-state index in [0.717, 1.165) is 22.3 Å². The number of hydrogen-bond acceptors (Lipinski definition) is 11. The van der Waals surface area contributed by atoms with Gasteiger partial charge in [0.25, 0.3) is 0 Å². The van der Waals surface area contributed by atoms with E-state index in [2.05, 4.69) is 9.80 Å². The molecule has 2 N–H and O–H groups in total. The van der Waals surface area contributed by atoms with Crippen LogP contribution >= 0.6 is 0 Å². The van der Waals surface area contributed by atoms with Gasteiger partial charge in [0.2, 0.25) is 0 Å². The number of carbonyl (C=O) groups excluding carboxylic acids is 3.